The van der Waals surface area contributed by atoms with E-state index >= 15 is 0 Å². The molecule has 5 aliphatic rings. The van der Waals surface area contributed by atoms with E-state index in [9.17, 15) is 0 Å². The summed E-state index contributed by atoms with van der Waals surface area (Å²) in [5.41, 5.74) is 11.8. The molecule has 0 fully saturated rings. The Balaban J connectivity index is 1.31. The summed E-state index contributed by atoms with van der Waals surface area (Å²) in [4.78, 5) is 15.1. The molecule has 3 aliphatic carbocycles. The smallest absolute Gasteiger partial charge is 0.0789 e. The molecule has 2 aromatic rings. The Labute approximate surface area is 255 Å². The van der Waals surface area contributed by atoms with E-state index in [1.54, 1.807) is 0 Å². The van der Waals surface area contributed by atoms with E-state index in [2.05, 4.69) is 109 Å². The zero-order valence-corrected chi connectivity index (χ0v) is 24.6. The van der Waals surface area contributed by atoms with Gasteiger partial charge in [-0.05, 0) is 108 Å². The first kappa shape index (κ1) is 27.2. The van der Waals surface area contributed by atoms with Crippen molar-refractivity contribution in [3.8, 4) is 11.3 Å². The Morgan fingerprint density at radius 2 is 1.60 bits per heavy atom. The molecule has 0 N–H and O–H groups in total. The van der Waals surface area contributed by atoms with E-state index in [-0.39, 0.29) is 6.04 Å². The van der Waals surface area contributed by atoms with E-state index in [4.69, 9.17) is 15.0 Å². The van der Waals surface area contributed by atoms with Gasteiger partial charge in [-0.25, -0.2) is 0 Å². The number of pyridine rings is 1. The van der Waals surface area contributed by atoms with Crippen LogP contribution in [0.4, 0.5) is 0 Å². The van der Waals surface area contributed by atoms with Gasteiger partial charge in [0.2, 0.25) is 0 Å². The molecule has 0 bridgehead atoms. The molecule has 3 nitrogen and oxygen atoms in total. The van der Waals surface area contributed by atoms with Crippen molar-refractivity contribution in [3.05, 3.63) is 156 Å². The summed E-state index contributed by atoms with van der Waals surface area (Å²) in [6, 6.07) is 13.2. The number of hydrogen-bond acceptors (Lipinski definition) is 3. The molecule has 1 aromatic carbocycles. The van der Waals surface area contributed by atoms with Crippen molar-refractivity contribution < 1.29 is 0 Å². The van der Waals surface area contributed by atoms with Crippen LogP contribution in [0.25, 0.3) is 16.8 Å². The van der Waals surface area contributed by atoms with Crippen molar-refractivity contribution in [2.45, 2.75) is 51.0 Å². The maximum Gasteiger partial charge on any atom is 0.0789 e. The minimum absolute atomic E-state index is 0.133. The van der Waals surface area contributed by atoms with E-state index in [0.29, 0.717) is 5.92 Å². The van der Waals surface area contributed by atoms with E-state index in [1.807, 2.05) is 18.5 Å². The van der Waals surface area contributed by atoms with Crippen LogP contribution in [0.1, 0.15) is 56.1 Å². The van der Waals surface area contributed by atoms with Gasteiger partial charge in [0, 0.05) is 36.0 Å². The molecule has 3 heterocycles. The summed E-state index contributed by atoms with van der Waals surface area (Å²) in [6.45, 7) is 0. The summed E-state index contributed by atoms with van der Waals surface area (Å²) in [7, 11) is 0. The van der Waals surface area contributed by atoms with Crippen LogP contribution in [-0.4, -0.2) is 22.4 Å². The highest BCUT2D eigenvalue weighted by atomic mass is 14.8. The van der Waals surface area contributed by atoms with Crippen LogP contribution < -0.4 is 0 Å². The lowest BCUT2D eigenvalue weighted by Crippen LogP contribution is -2.22. The van der Waals surface area contributed by atoms with Gasteiger partial charge in [-0.2, -0.15) is 0 Å². The maximum absolute atomic E-state index is 5.33. The second kappa shape index (κ2) is 12.7. The van der Waals surface area contributed by atoms with Crippen molar-refractivity contribution in [2.75, 3.05) is 0 Å². The summed E-state index contributed by atoms with van der Waals surface area (Å²) >= 11 is 0. The first-order chi connectivity index (χ1) is 21.3. The number of aromatic nitrogens is 1. The largest absolute Gasteiger partial charge is 0.281 e. The number of nitrogens with zero attached hydrogens (tertiary/aromatic N) is 3. The minimum Gasteiger partial charge on any atom is -0.281 e. The first-order valence-electron chi connectivity index (χ1n) is 15.7. The Morgan fingerprint density at radius 1 is 0.744 bits per heavy atom. The number of dihydropyridines is 1. The molecule has 212 valence electrons. The molecular weight excluding hydrogens is 522 g/mol. The molecule has 3 heteroatoms. The third kappa shape index (κ3) is 6.27. The maximum atomic E-state index is 5.33. The Hall–Kier alpha value is -4.63. The topological polar surface area (TPSA) is 37.6 Å². The lowest BCUT2D eigenvalue weighted by molar-refractivity contribution is 0.765. The summed E-state index contributed by atoms with van der Waals surface area (Å²) in [5.74, 6) is 0.303. The lowest BCUT2D eigenvalue weighted by Gasteiger charge is -2.27. The second-order valence-electron chi connectivity index (χ2n) is 11.7. The average Bonchev–Trinajstić information content (AvgIpc) is 3.36. The highest BCUT2D eigenvalue weighted by molar-refractivity contribution is 6.07. The third-order valence-corrected chi connectivity index (χ3v) is 8.70. The molecule has 2 unspecified atom stereocenters. The number of hydrogen-bond donors (Lipinski definition) is 0. The molecule has 0 saturated heterocycles. The zero-order valence-electron chi connectivity index (χ0n) is 24.6. The highest BCUT2D eigenvalue weighted by Crippen LogP contribution is 2.35. The molecule has 0 radical (unpaired) electrons. The van der Waals surface area contributed by atoms with Crippen LogP contribution in [-0.2, 0) is 0 Å². The molecule has 0 spiro atoms. The molecule has 0 amide bonds. The number of benzene rings is 1. The summed E-state index contributed by atoms with van der Waals surface area (Å²) < 4.78 is 0. The minimum atomic E-state index is 0.133. The Bertz CT molecular complexity index is 1730. The predicted octanol–water partition coefficient (Wildman–Crippen LogP) is 9.66. The number of aliphatic imine (C=N–C) groups is 2. The molecule has 2 atom stereocenters. The number of allylic oxidation sites excluding steroid dienone is 14. The van der Waals surface area contributed by atoms with E-state index < -0.39 is 0 Å². The first-order valence-corrected chi connectivity index (χ1v) is 15.7. The van der Waals surface area contributed by atoms with Crippen molar-refractivity contribution in [3.63, 3.8) is 0 Å². The Morgan fingerprint density at radius 3 is 2.40 bits per heavy atom. The van der Waals surface area contributed by atoms with E-state index in [0.717, 1.165) is 67.5 Å². The van der Waals surface area contributed by atoms with Gasteiger partial charge in [-0.15, -0.1) is 0 Å². The second-order valence-corrected chi connectivity index (χ2v) is 11.7. The zero-order chi connectivity index (χ0) is 28.8. The van der Waals surface area contributed by atoms with Gasteiger partial charge in [0.15, 0.2) is 0 Å². The predicted molar refractivity (Wildman–Crippen MR) is 181 cm³/mol. The number of rotatable bonds is 6. The molecule has 2 aliphatic heterocycles. The van der Waals surface area contributed by atoms with Crippen LogP contribution in [0, 0.1) is 5.92 Å². The molecule has 1 aromatic heterocycles. The van der Waals surface area contributed by atoms with Crippen molar-refractivity contribution in [2.24, 2.45) is 15.9 Å². The van der Waals surface area contributed by atoms with Crippen LogP contribution in [0.3, 0.4) is 0 Å². The fraction of sp³-hybridized carbons (Fsp3) is 0.225. The quantitative estimate of drug-likeness (QED) is 0.347. The van der Waals surface area contributed by atoms with Crippen molar-refractivity contribution in [1.82, 2.24) is 4.98 Å². The van der Waals surface area contributed by atoms with Crippen LogP contribution in [0.15, 0.2) is 154 Å². The van der Waals surface area contributed by atoms with E-state index in [1.165, 1.54) is 33.6 Å². The average molecular weight is 560 g/mol. The van der Waals surface area contributed by atoms with Gasteiger partial charge in [0.1, 0.15) is 0 Å². The van der Waals surface area contributed by atoms with Gasteiger partial charge in [-0.3, -0.25) is 15.0 Å². The van der Waals surface area contributed by atoms with Gasteiger partial charge in [0.05, 0.1) is 17.4 Å². The monoisotopic (exact) mass is 559 g/mol. The Kier molecular flexibility index (Phi) is 8.04. The fourth-order valence-corrected chi connectivity index (χ4v) is 6.38. The molecule has 7 rings (SSSR count). The van der Waals surface area contributed by atoms with Gasteiger partial charge in [0.25, 0.3) is 0 Å². The molecule has 43 heavy (non-hydrogen) atoms. The SMILES string of the molecule is C1=CCC(C2=NC(C3=CCCC=C3)CC(c3cc(C4=NC=C(C5=CCCC=C5)C=CC4)cc(-c4ccccn4)c3)=C2)C=C1. The summed E-state index contributed by atoms with van der Waals surface area (Å²) in [6.07, 6.45) is 40.4. The third-order valence-electron chi connectivity index (χ3n) is 8.70. The normalized spacial score (nSPS) is 23.1. The van der Waals surface area contributed by atoms with Crippen molar-refractivity contribution in [1.29, 1.82) is 0 Å². The highest BCUT2D eigenvalue weighted by Gasteiger charge is 2.25. The lowest BCUT2D eigenvalue weighted by atomic mass is 9.84. The van der Waals surface area contributed by atoms with Gasteiger partial charge < -0.3 is 0 Å². The van der Waals surface area contributed by atoms with Gasteiger partial charge >= 0.3 is 0 Å². The van der Waals surface area contributed by atoms with Crippen LogP contribution in [0.2, 0.25) is 0 Å². The summed E-state index contributed by atoms with van der Waals surface area (Å²) in [5, 5.41) is 0. The molecule has 0 saturated carbocycles. The molecular formula is C40H37N3. The van der Waals surface area contributed by atoms with Gasteiger partial charge in [-0.1, -0.05) is 79.0 Å². The fourth-order valence-electron chi connectivity index (χ4n) is 6.38. The standard InChI is InChI=1S/C40H37N3/c1-4-13-29(14-5-1)32-19-12-21-38(42-28-32)36-24-33(23-35(25-36)37-20-10-11-22-41-37)34-26-39(30-15-6-2-7-16-30)43-40(27-34)31-17-8-3-9-18-31/h2,4,6-8,10-15,17-20,22-26,28,30,40H,1,3,5,9,16,21,27H2. The van der Waals surface area contributed by atoms with Crippen molar-refractivity contribution >= 4 is 17.0 Å². The van der Waals surface area contributed by atoms with Crippen LogP contribution in [0.5, 0.6) is 0 Å². The van der Waals surface area contributed by atoms with Crippen LogP contribution >= 0.6 is 0 Å².